The Morgan fingerprint density at radius 2 is 1.60 bits per heavy atom. The van der Waals surface area contributed by atoms with Gasteiger partial charge < -0.3 is 4.74 Å². The van der Waals surface area contributed by atoms with Crippen LogP contribution in [0.5, 0.6) is 0 Å². The Balaban J connectivity index is 3.73. The van der Waals surface area contributed by atoms with E-state index in [4.69, 9.17) is 4.74 Å². The number of hydrogen-bond acceptors (Lipinski definition) is 1. The zero-order valence-corrected chi connectivity index (χ0v) is 7.47. The van der Waals surface area contributed by atoms with Gasteiger partial charge in [-0.15, -0.1) is 0 Å². The van der Waals surface area contributed by atoms with Gasteiger partial charge in [0.25, 0.3) is 0 Å². The Labute approximate surface area is 63.2 Å². The fourth-order valence-corrected chi connectivity index (χ4v) is 0.492. The van der Waals surface area contributed by atoms with Gasteiger partial charge in [0.1, 0.15) is 0 Å². The van der Waals surface area contributed by atoms with Gasteiger partial charge in [-0.25, -0.2) is 5.11 Å². The second-order valence-corrected chi connectivity index (χ2v) is 3.71. The van der Waals surface area contributed by atoms with Gasteiger partial charge in [0.05, 0.1) is 6.10 Å². The molecule has 2 unspecified atom stereocenters. The van der Waals surface area contributed by atoms with Crippen molar-refractivity contribution in [2.75, 3.05) is 0 Å². The maximum absolute atomic E-state index is 10.6. The smallest absolute Gasteiger partial charge is 0.188 e. The molecule has 0 aromatic rings. The molecule has 0 amide bonds. The third-order valence-corrected chi connectivity index (χ3v) is 1.62. The highest BCUT2D eigenvalue weighted by Crippen LogP contribution is 2.22. The first-order valence-corrected chi connectivity index (χ1v) is 3.65. The lowest BCUT2D eigenvalue weighted by Gasteiger charge is -2.27. The topological polar surface area (TPSA) is 29.1 Å². The zero-order valence-electron chi connectivity index (χ0n) is 7.47. The van der Waals surface area contributed by atoms with E-state index in [2.05, 4.69) is 20.8 Å². The van der Waals surface area contributed by atoms with E-state index in [0.717, 1.165) is 0 Å². The Hall–Kier alpha value is -0.0800. The highest BCUT2D eigenvalue weighted by molar-refractivity contribution is 4.69. The van der Waals surface area contributed by atoms with Crippen molar-refractivity contribution in [2.45, 2.75) is 47.0 Å². The van der Waals surface area contributed by atoms with Gasteiger partial charge in [0.15, 0.2) is 6.29 Å². The average Bonchev–Trinajstić information content (AvgIpc) is 1.60. The molecule has 2 heteroatoms. The van der Waals surface area contributed by atoms with E-state index in [-0.39, 0.29) is 11.5 Å². The van der Waals surface area contributed by atoms with Crippen LogP contribution in [-0.2, 0) is 9.84 Å². The van der Waals surface area contributed by atoms with E-state index in [9.17, 15) is 5.11 Å². The van der Waals surface area contributed by atoms with Gasteiger partial charge >= 0.3 is 0 Å². The average molecular weight is 145 g/mol. The van der Waals surface area contributed by atoms with E-state index in [1.54, 1.807) is 0 Å². The second kappa shape index (κ2) is 3.35. The van der Waals surface area contributed by atoms with Crippen molar-refractivity contribution in [3.8, 4) is 0 Å². The lowest BCUT2D eigenvalue weighted by atomic mass is 9.90. The van der Waals surface area contributed by atoms with E-state index in [1.807, 2.05) is 6.92 Å². The van der Waals surface area contributed by atoms with Crippen LogP contribution in [0.2, 0.25) is 0 Å². The van der Waals surface area contributed by atoms with Gasteiger partial charge in [0, 0.05) is 0 Å². The molecule has 0 aromatic heterocycles. The third-order valence-electron chi connectivity index (χ3n) is 1.62. The molecule has 2 atom stereocenters. The summed E-state index contributed by atoms with van der Waals surface area (Å²) in [6.45, 7) is 9.61. The molecule has 0 bridgehead atoms. The largest absolute Gasteiger partial charge is 0.346 e. The maximum Gasteiger partial charge on any atom is 0.188 e. The molecule has 2 nitrogen and oxygen atoms in total. The summed E-state index contributed by atoms with van der Waals surface area (Å²) in [5, 5.41) is 10.6. The Kier molecular flexibility index (Phi) is 3.33. The van der Waals surface area contributed by atoms with Crippen LogP contribution in [0.25, 0.3) is 0 Å². The molecule has 0 rings (SSSR count). The highest BCUT2D eigenvalue weighted by atomic mass is 16.6. The molecule has 0 saturated heterocycles. The van der Waals surface area contributed by atoms with Crippen molar-refractivity contribution in [3.05, 3.63) is 0 Å². The summed E-state index contributed by atoms with van der Waals surface area (Å²) < 4.78 is 5.06. The molecule has 0 saturated carbocycles. The van der Waals surface area contributed by atoms with E-state index in [0.29, 0.717) is 0 Å². The molecular formula is C8H17O2. The van der Waals surface area contributed by atoms with Gasteiger partial charge in [-0.3, -0.25) is 0 Å². The molecule has 61 valence electrons. The molecule has 0 aliphatic rings. The number of ether oxygens (including phenoxy) is 1. The van der Waals surface area contributed by atoms with Gasteiger partial charge in [-0.05, 0) is 19.3 Å². The van der Waals surface area contributed by atoms with Crippen LogP contribution in [0, 0.1) is 5.41 Å². The second-order valence-electron chi connectivity index (χ2n) is 3.71. The van der Waals surface area contributed by atoms with Crippen LogP contribution in [-0.4, -0.2) is 12.4 Å². The summed E-state index contributed by atoms with van der Waals surface area (Å²) in [7, 11) is 0. The molecule has 0 aliphatic carbocycles. The van der Waals surface area contributed by atoms with Crippen LogP contribution in [0.3, 0.4) is 0 Å². The van der Waals surface area contributed by atoms with Crippen molar-refractivity contribution in [2.24, 2.45) is 5.41 Å². The Bertz CT molecular complexity index is 91.9. The van der Waals surface area contributed by atoms with Crippen LogP contribution in [0.1, 0.15) is 34.6 Å². The minimum Gasteiger partial charge on any atom is -0.346 e. The predicted molar refractivity (Wildman–Crippen MR) is 40.2 cm³/mol. The molecule has 0 spiro atoms. The van der Waals surface area contributed by atoms with Crippen molar-refractivity contribution in [1.82, 2.24) is 0 Å². The van der Waals surface area contributed by atoms with E-state index >= 15 is 0 Å². The summed E-state index contributed by atoms with van der Waals surface area (Å²) in [5.41, 5.74) is 0.0681. The van der Waals surface area contributed by atoms with Crippen LogP contribution >= 0.6 is 0 Å². The lowest BCUT2D eigenvalue weighted by Crippen LogP contribution is -2.29. The summed E-state index contributed by atoms with van der Waals surface area (Å²) in [5.74, 6) is 0. The summed E-state index contributed by atoms with van der Waals surface area (Å²) in [6.07, 6.45) is -0.880. The standard InChI is InChI=1S/C8H17O2/c1-6(8(3,4)5)10-7(2)9/h6-7H,1-5H3. The summed E-state index contributed by atoms with van der Waals surface area (Å²) in [6, 6.07) is 0. The molecule has 1 radical (unpaired) electrons. The quantitative estimate of drug-likeness (QED) is 0.548. The summed E-state index contributed by atoms with van der Waals surface area (Å²) in [4.78, 5) is 0. The first-order chi connectivity index (χ1) is 4.34. The van der Waals surface area contributed by atoms with Crippen molar-refractivity contribution in [3.63, 3.8) is 0 Å². The minimum atomic E-state index is -0.908. The first kappa shape index (κ1) is 9.92. The molecule has 10 heavy (non-hydrogen) atoms. The number of hydrogen-bond donors (Lipinski definition) is 0. The predicted octanol–water partition coefficient (Wildman–Crippen LogP) is 2.21. The van der Waals surface area contributed by atoms with E-state index in [1.165, 1.54) is 6.92 Å². The lowest BCUT2D eigenvalue weighted by molar-refractivity contribution is -0.176. The first-order valence-electron chi connectivity index (χ1n) is 3.65. The van der Waals surface area contributed by atoms with Crippen LogP contribution < -0.4 is 0 Å². The van der Waals surface area contributed by atoms with Crippen molar-refractivity contribution < 1.29 is 9.84 Å². The van der Waals surface area contributed by atoms with Crippen molar-refractivity contribution >= 4 is 0 Å². The SMILES string of the molecule is CC([O])OC(C)C(C)(C)C. The molecule has 0 heterocycles. The maximum atomic E-state index is 10.6. The molecule has 0 fully saturated rings. The third kappa shape index (κ3) is 3.85. The fourth-order valence-electron chi connectivity index (χ4n) is 0.492. The minimum absolute atomic E-state index is 0.0278. The van der Waals surface area contributed by atoms with Crippen LogP contribution in [0.4, 0.5) is 0 Å². The Morgan fingerprint density at radius 1 is 1.20 bits per heavy atom. The molecule has 0 aliphatic heterocycles. The van der Waals surface area contributed by atoms with Crippen LogP contribution in [0.15, 0.2) is 0 Å². The molecule has 0 N–H and O–H groups in total. The fraction of sp³-hybridized carbons (Fsp3) is 1.00. The highest BCUT2D eigenvalue weighted by Gasteiger charge is 2.22. The molecular weight excluding hydrogens is 128 g/mol. The summed E-state index contributed by atoms with van der Waals surface area (Å²) >= 11 is 0. The van der Waals surface area contributed by atoms with E-state index < -0.39 is 6.29 Å². The zero-order chi connectivity index (χ0) is 8.36. The van der Waals surface area contributed by atoms with Gasteiger partial charge in [0.2, 0.25) is 0 Å². The monoisotopic (exact) mass is 145 g/mol. The molecule has 0 aromatic carbocycles. The normalized spacial score (nSPS) is 18.6. The van der Waals surface area contributed by atoms with Crippen molar-refractivity contribution in [1.29, 1.82) is 0 Å². The number of rotatable bonds is 2. The Morgan fingerprint density at radius 3 is 1.70 bits per heavy atom. The van der Waals surface area contributed by atoms with Gasteiger partial charge in [-0.1, -0.05) is 20.8 Å². The van der Waals surface area contributed by atoms with Gasteiger partial charge in [-0.2, -0.15) is 0 Å².